The highest BCUT2D eigenvalue weighted by Crippen LogP contribution is 2.11. The number of rotatable bonds is 3. The molecule has 3 heteroatoms. The molecule has 0 heterocycles. The third kappa shape index (κ3) is 3.76. The number of carbonyl (C=O) groups excluding carboxylic acids is 1. The van der Waals surface area contributed by atoms with Crippen LogP contribution in [0.4, 0.5) is 0 Å². The fourth-order valence-electron chi connectivity index (χ4n) is 1.06. The molecule has 1 aromatic carbocycles. The van der Waals surface area contributed by atoms with E-state index >= 15 is 0 Å². The topological polar surface area (TPSA) is 20.3 Å². The number of amides is 1. The predicted octanol–water partition coefficient (Wildman–Crippen LogP) is 2.83. The van der Waals surface area contributed by atoms with Crippen LogP contribution in [-0.4, -0.2) is 24.4 Å². The first-order valence-electron chi connectivity index (χ1n) is 4.82. The first-order valence-corrected chi connectivity index (χ1v) is 5.20. The van der Waals surface area contributed by atoms with E-state index in [1.54, 1.807) is 30.2 Å². The van der Waals surface area contributed by atoms with Crippen molar-refractivity contribution in [1.29, 1.82) is 0 Å². The fraction of sp³-hybridized carbons (Fsp3) is 0.250. The Morgan fingerprint density at radius 3 is 2.87 bits per heavy atom. The van der Waals surface area contributed by atoms with E-state index < -0.39 is 0 Å². The van der Waals surface area contributed by atoms with Crippen molar-refractivity contribution < 1.29 is 4.79 Å². The fourth-order valence-corrected chi connectivity index (χ4v) is 1.26. The Bertz CT molecular complexity index is 374. The highest BCUT2D eigenvalue weighted by atomic mass is 35.5. The molecule has 0 unspecified atom stereocenters. The number of nitrogens with zero attached hydrogens (tertiary/aromatic N) is 1. The summed E-state index contributed by atoms with van der Waals surface area (Å²) in [6.07, 6.45) is 3.32. The molecule has 0 aliphatic rings. The predicted molar refractivity (Wildman–Crippen MR) is 63.8 cm³/mol. The average molecular weight is 224 g/mol. The Balaban J connectivity index is 2.69. The molecule has 15 heavy (non-hydrogen) atoms. The van der Waals surface area contributed by atoms with Gasteiger partial charge in [-0.1, -0.05) is 23.7 Å². The molecule has 1 rings (SSSR count). The summed E-state index contributed by atoms with van der Waals surface area (Å²) in [4.78, 5) is 13.1. The molecule has 0 spiro atoms. The second kappa shape index (κ2) is 5.56. The second-order valence-electron chi connectivity index (χ2n) is 3.24. The van der Waals surface area contributed by atoms with E-state index in [4.69, 9.17) is 11.6 Å². The molecule has 0 atom stereocenters. The number of likely N-dealkylation sites (N-methyl/N-ethyl adjacent to an activating group) is 1. The van der Waals surface area contributed by atoms with Crippen molar-refractivity contribution in [3.8, 4) is 0 Å². The maximum Gasteiger partial charge on any atom is 0.246 e. The third-order valence-electron chi connectivity index (χ3n) is 2.12. The Morgan fingerprint density at radius 2 is 2.27 bits per heavy atom. The van der Waals surface area contributed by atoms with E-state index in [1.807, 2.05) is 25.1 Å². The smallest absolute Gasteiger partial charge is 0.246 e. The minimum atomic E-state index is -0.00234. The first-order chi connectivity index (χ1) is 7.13. The standard InChI is InChI=1S/C12H14ClNO/c1-3-14(2)12(15)8-7-10-5-4-6-11(13)9-10/h4-9H,3H2,1-2H3/b8-7+. The quantitative estimate of drug-likeness (QED) is 0.722. The van der Waals surface area contributed by atoms with E-state index in [0.717, 1.165) is 5.56 Å². The Morgan fingerprint density at radius 1 is 1.53 bits per heavy atom. The molecule has 0 aliphatic carbocycles. The number of hydrogen-bond acceptors (Lipinski definition) is 1. The maximum atomic E-state index is 11.4. The van der Waals surface area contributed by atoms with E-state index in [-0.39, 0.29) is 5.91 Å². The first kappa shape index (κ1) is 11.8. The zero-order valence-corrected chi connectivity index (χ0v) is 9.66. The molecule has 0 fully saturated rings. The van der Waals surface area contributed by atoms with Gasteiger partial charge in [-0.3, -0.25) is 4.79 Å². The third-order valence-corrected chi connectivity index (χ3v) is 2.35. The summed E-state index contributed by atoms with van der Waals surface area (Å²) in [6.45, 7) is 2.64. The molecule has 0 aromatic heterocycles. The molecular formula is C12H14ClNO. The van der Waals surface area contributed by atoms with Gasteiger partial charge < -0.3 is 4.90 Å². The number of carbonyl (C=O) groups is 1. The van der Waals surface area contributed by atoms with Crippen LogP contribution in [0.2, 0.25) is 5.02 Å². The monoisotopic (exact) mass is 223 g/mol. The number of hydrogen-bond donors (Lipinski definition) is 0. The van der Waals surface area contributed by atoms with E-state index in [1.165, 1.54) is 0 Å². The van der Waals surface area contributed by atoms with Gasteiger partial charge in [0, 0.05) is 24.7 Å². The lowest BCUT2D eigenvalue weighted by atomic mass is 10.2. The van der Waals surface area contributed by atoms with Crippen molar-refractivity contribution in [2.45, 2.75) is 6.92 Å². The Labute approximate surface area is 95.2 Å². The molecule has 0 N–H and O–H groups in total. The molecule has 0 saturated carbocycles. The van der Waals surface area contributed by atoms with Crippen LogP contribution in [0, 0.1) is 0 Å². The molecule has 0 radical (unpaired) electrons. The van der Waals surface area contributed by atoms with Crippen LogP contribution in [0.3, 0.4) is 0 Å². The van der Waals surface area contributed by atoms with E-state index in [9.17, 15) is 4.79 Å². The van der Waals surface area contributed by atoms with E-state index in [0.29, 0.717) is 11.6 Å². The van der Waals surface area contributed by atoms with Gasteiger partial charge in [0.05, 0.1) is 0 Å². The molecule has 1 aromatic rings. The van der Waals surface area contributed by atoms with Gasteiger partial charge in [-0.25, -0.2) is 0 Å². The lowest BCUT2D eigenvalue weighted by Gasteiger charge is -2.10. The van der Waals surface area contributed by atoms with Gasteiger partial charge in [-0.05, 0) is 30.7 Å². The summed E-state index contributed by atoms with van der Waals surface area (Å²) in [5.41, 5.74) is 0.931. The zero-order chi connectivity index (χ0) is 11.3. The van der Waals surface area contributed by atoms with Crippen LogP contribution in [0.15, 0.2) is 30.3 Å². The van der Waals surface area contributed by atoms with Gasteiger partial charge in [0.2, 0.25) is 5.91 Å². The molecule has 0 bridgehead atoms. The van der Waals surface area contributed by atoms with Gasteiger partial charge in [0.1, 0.15) is 0 Å². The summed E-state index contributed by atoms with van der Waals surface area (Å²) in [7, 11) is 1.77. The molecule has 80 valence electrons. The van der Waals surface area contributed by atoms with Crippen LogP contribution >= 0.6 is 11.6 Å². The minimum absolute atomic E-state index is 0.00234. The van der Waals surface area contributed by atoms with Crippen molar-refractivity contribution in [3.05, 3.63) is 40.9 Å². The van der Waals surface area contributed by atoms with Crippen molar-refractivity contribution in [2.75, 3.05) is 13.6 Å². The highest BCUT2D eigenvalue weighted by molar-refractivity contribution is 6.30. The van der Waals surface area contributed by atoms with Gasteiger partial charge >= 0.3 is 0 Å². The summed E-state index contributed by atoms with van der Waals surface area (Å²) < 4.78 is 0. The molecule has 2 nitrogen and oxygen atoms in total. The van der Waals surface area contributed by atoms with Crippen LogP contribution in [-0.2, 0) is 4.79 Å². The van der Waals surface area contributed by atoms with Crippen molar-refractivity contribution >= 4 is 23.6 Å². The lowest BCUT2D eigenvalue weighted by molar-refractivity contribution is -0.124. The summed E-state index contributed by atoms with van der Waals surface area (Å²) in [5, 5.41) is 0.674. The van der Waals surface area contributed by atoms with Crippen molar-refractivity contribution in [3.63, 3.8) is 0 Å². The maximum absolute atomic E-state index is 11.4. The summed E-state index contributed by atoms with van der Waals surface area (Å²) in [5.74, 6) is -0.00234. The molecule has 0 saturated heterocycles. The van der Waals surface area contributed by atoms with Gasteiger partial charge in [-0.2, -0.15) is 0 Å². The lowest BCUT2D eigenvalue weighted by Crippen LogP contribution is -2.23. The Kier molecular flexibility index (Phi) is 4.37. The Hall–Kier alpha value is -1.28. The van der Waals surface area contributed by atoms with Crippen LogP contribution < -0.4 is 0 Å². The van der Waals surface area contributed by atoms with Crippen molar-refractivity contribution in [1.82, 2.24) is 4.90 Å². The molecule has 0 aliphatic heterocycles. The zero-order valence-electron chi connectivity index (χ0n) is 8.90. The summed E-state index contributed by atoms with van der Waals surface area (Å²) in [6, 6.07) is 7.38. The molecular weight excluding hydrogens is 210 g/mol. The van der Waals surface area contributed by atoms with E-state index in [2.05, 4.69) is 0 Å². The van der Waals surface area contributed by atoms with Crippen LogP contribution in [0.5, 0.6) is 0 Å². The average Bonchev–Trinajstić information content (AvgIpc) is 2.25. The minimum Gasteiger partial charge on any atom is -0.343 e. The number of halogens is 1. The number of benzene rings is 1. The van der Waals surface area contributed by atoms with Crippen LogP contribution in [0.25, 0.3) is 6.08 Å². The van der Waals surface area contributed by atoms with Gasteiger partial charge in [0.15, 0.2) is 0 Å². The van der Waals surface area contributed by atoms with Crippen LogP contribution in [0.1, 0.15) is 12.5 Å². The van der Waals surface area contributed by atoms with Gasteiger partial charge in [-0.15, -0.1) is 0 Å². The van der Waals surface area contributed by atoms with Gasteiger partial charge in [0.25, 0.3) is 0 Å². The van der Waals surface area contributed by atoms with Crippen molar-refractivity contribution in [2.24, 2.45) is 0 Å². The SMILES string of the molecule is CCN(C)C(=O)/C=C/c1cccc(Cl)c1. The second-order valence-corrected chi connectivity index (χ2v) is 3.68. The molecule has 1 amide bonds. The normalized spacial score (nSPS) is 10.6. The summed E-state index contributed by atoms with van der Waals surface area (Å²) >= 11 is 5.82. The largest absolute Gasteiger partial charge is 0.343 e. The highest BCUT2D eigenvalue weighted by Gasteiger charge is 2.00.